The Balaban J connectivity index is 3.29. The zero-order chi connectivity index (χ0) is 8.20. The third-order valence-electron chi connectivity index (χ3n) is 0.635. The Hall–Kier alpha value is -0.850. The summed E-state index contributed by atoms with van der Waals surface area (Å²) in [5.74, 6) is -1.84. The fourth-order valence-corrected chi connectivity index (χ4v) is 0.299. The maximum atomic E-state index is 9.97. The van der Waals surface area contributed by atoms with E-state index in [1.165, 1.54) is 6.92 Å². The first-order valence-electron chi connectivity index (χ1n) is 2.65. The number of nitrogens with two attached hydrogens (primary N) is 1. The van der Waals surface area contributed by atoms with E-state index < -0.39 is 11.8 Å². The molecule has 0 spiro atoms. The van der Waals surface area contributed by atoms with Crippen LogP contribution in [-0.2, 0) is 0 Å². The highest BCUT2D eigenvalue weighted by Gasteiger charge is 2.13. The zero-order valence-corrected chi connectivity index (χ0v) is 5.59. The molecule has 6 N–H and O–H groups in total. The summed E-state index contributed by atoms with van der Waals surface area (Å²) in [6, 6.07) is -0.774. The lowest BCUT2D eigenvalue weighted by Crippen LogP contribution is -2.48. The van der Waals surface area contributed by atoms with Crippen LogP contribution in [0.25, 0.3) is 0 Å². The van der Waals surface area contributed by atoms with Crippen molar-refractivity contribution in [1.82, 2.24) is 10.9 Å². The van der Waals surface area contributed by atoms with Gasteiger partial charge in [-0.2, -0.15) is 0 Å². The molecule has 2 amide bonds. The number of amides is 2. The van der Waals surface area contributed by atoms with Gasteiger partial charge >= 0.3 is 6.03 Å². The van der Waals surface area contributed by atoms with Crippen molar-refractivity contribution in [3.8, 4) is 0 Å². The number of hydrogen-bond donors (Lipinski definition) is 5. The van der Waals surface area contributed by atoms with Gasteiger partial charge in [0.1, 0.15) is 0 Å². The molecule has 0 unspecified atom stereocenters. The molecule has 10 heavy (non-hydrogen) atoms. The predicted molar refractivity (Wildman–Crippen MR) is 33.6 cm³/mol. The van der Waals surface area contributed by atoms with Gasteiger partial charge in [-0.1, -0.05) is 0 Å². The van der Waals surface area contributed by atoms with E-state index in [9.17, 15) is 4.79 Å². The molecular weight excluding hydrogens is 138 g/mol. The average molecular weight is 149 g/mol. The quantitative estimate of drug-likeness (QED) is 0.233. The molecule has 6 heteroatoms. The molecule has 0 atom stereocenters. The van der Waals surface area contributed by atoms with Crippen LogP contribution in [0.2, 0.25) is 0 Å². The van der Waals surface area contributed by atoms with Gasteiger partial charge in [-0.05, 0) is 6.92 Å². The molecule has 0 aromatic carbocycles. The number of nitrogens with one attached hydrogen (secondary N) is 2. The molecule has 0 rings (SSSR count). The highest BCUT2D eigenvalue weighted by Crippen LogP contribution is 1.90. The fraction of sp³-hybridized carbons (Fsp3) is 0.750. The number of urea groups is 1. The Labute approximate surface area is 58.0 Å². The van der Waals surface area contributed by atoms with Gasteiger partial charge in [0.2, 0.25) is 0 Å². The van der Waals surface area contributed by atoms with Crippen LogP contribution in [-0.4, -0.2) is 28.6 Å². The van der Waals surface area contributed by atoms with E-state index >= 15 is 0 Å². The van der Waals surface area contributed by atoms with Crippen LogP contribution in [0, 0.1) is 0 Å². The average Bonchev–Trinajstić information content (AvgIpc) is 1.59. The van der Waals surface area contributed by atoms with Crippen LogP contribution in [0.3, 0.4) is 0 Å². The highest BCUT2D eigenvalue weighted by atomic mass is 16.5. The molecular formula is C4H11N3O3. The molecule has 0 aromatic heterocycles. The van der Waals surface area contributed by atoms with Gasteiger partial charge in [0.25, 0.3) is 0 Å². The maximum absolute atomic E-state index is 9.97. The van der Waals surface area contributed by atoms with E-state index in [2.05, 4.69) is 11.2 Å². The van der Waals surface area contributed by atoms with Crippen molar-refractivity contribution >= 4 is 6.03 Å². The van der Waals surface area contributed by atoms with Crippen LogP contribution < -0.4 is 16.6 Å². The van der Waals surface area contributed by atoms with Gasteiger partial charge < -0.3 is 15.9 Å². The SMILES string of the molecule is CC(O)(O)CNNC(N)=O. The van der Waals surface area contributed by atoms with Gasteiger partial charge in [-0.3, -0.25) is 5.43 Å². The van der Waals surface area contributed by atoms with E-state index in [0.29, 0.717) is 0 Å². The van der Waals surface area contributed by atoms with Crippen LogP contribution >= 0.6 is 0 Å². The summed E-state index contributed by atoms with van der Waals surface area (Å²) in [5.41, 5.74) is 8.82. The second-order valence-corrected chi connectivity index (χ2v) is 2.06. The van der Waals surface area contributed by atoms with Crippen molar-refractivity contribution in [2.24, 2.45) is 5.73 Å². The van der Waals surface area contributed by atoms with Gasteiger partial charge in [-0.15, -0.1) is 0 Å². The lowest BCUT2D eigenvalue weighted by atomic mass is 10.3. The molecule has 0 aliphatic rings. The van der Waals surface area contributed by atoms with Gasteiger partial charge in [-0.25, -0.2) is 10.2 Å². The molecule has 0 saturated carbocycles. The van der Waals surface area contributed by atoms with E-state index in [-0.39, 0.29) is 6.54 Å². The molecule has 0 aliphatic heterocycles. The molecule has 0 saturated heterocycles. The number of aliphatic hydroxyl groups is 2. The summed E-state index contributed by atoms with van der Waals surface area (Å²) < 4.78 is 0. The van der Waals surface area contributed by atoms with E-state index in [0.717, 1.165) is 0 Å². The molecule has 60 valence electrons. The number of carbonyl (C=O) groups excluding carboxylic acids is 1. The summed E-state index contributed by atoms with van der Waals surface area (Å²) in [4.78, 5) is 9.97. The Morgan fingerprint density at radius 3 is 2.50 bits per heavy atom. The van der Waals surface area contributed by atoms with Gasteiger partial charge in [0.15, 0.2) is 5.79 Å². The second-order valence-electron chi connectivity index (χ2n) is 2.06. The summed E-state index contributed by atoms with van der Waals surface area (Å²) in [5, 5.41) is 17.3. The van der Waals surface area contributed by atoms with Crippen LogP contribution in [0.15, 0.2) is 0 Å². The smallest absolute Gasteiger partial charge is 0.326 e. The van der Waals surface area contributed by atoms with Crippen molar-refractivity contribution in [3.05, 3.63) is 0 Å². The van der Waals surface area contributed by atoms with Crippen LogP contribution in [0.1, 0.15) is 6.92 Å². The number of carbonyl (C=O) groups is 1. The third-order valence-corrected chi connectivity index (χ3v) is 0.635. The minimum atomic E-state index is -1.84. The monoisotopic (exact) mass is 149 g/mol. The lowest BCUT2D eigenvalue weighted by molar-refractivity contribution is -0.141. The van der Waals surface area contributed by atoms with Crippen molar-refractivity contribution in [1.29, 1.82) is 0 Å². The largest absolute Gasteiger partial charge is 0.365 e. The molecule has 0 aliphatic carbocycles. The maximum Gasteiger partial charge on any atom is 0.326 e. The first-order chi connectivity index (χ1) is 4.42. The zero-order valence-electron chi connectivity index (χ0n) is 5.59. The first-order valence-corrected chi connectivity index (χ1v) is 2.65. The van der Waals surface area contributed by atoms with Crippen molar-refractivity contribution in [2.45, 2.75) is 12.7 Å². The first kappa shape index (κ1) is 9.15. The standard InChI is InChI=1S/C4H11N3O3/c1-4(9,10)2-6-7-3(5)8/h6,9-10H,2H2,1H3,(H3,5,7,8). The molecule has 6 nitrogen and oxygen atoms in total. The van der Waals surface area contributed by atoms with Crippen molar-refractivity contribution < 1.29 is 15.0 Å². The molecule has 0 bridgehead atoms. The van der Waals surface area contributed by atoms with E-state index in [1.807, 2.05) is 5.43 Å². The van der Waals surface area contributed by atoms with E-state index in [1.54, 1.807) is 0 Å². The topological polar surface area (TPSA) is 108 Å². The number of primary amides is 1. The van der Waals surface area contributed by atoms with Crippen LogP contribution in [0.4, 0.5) is 4.79 Å². The second kappa shape index (κ2) is 3.35. The summed E-state index contributed by atoms with van der Waals surface area (Å²) in [6.07, 6.45) is 0. The number of hydrazine groups is 1. The van der Waals surface area contributed by atoms with Crippen LogP contribution in [0.5, 0.6) is 0 Å². The Morgan fingerprint density at radius 2 is 2.20 bits per heavy atom. The summed E-state index contributed by atoms with van der Waals surface area (Å²) in [7, 11) is 0. The van der Waals surface area contributed by atoms with Gasteiger partial charge in [0.05, 0.1) is 6.54 Å². The van der Waals surface area contributed by atoms with Gasteiger partial charge in [0, 0.05) is 0 Å². The Morgan fingerprint density at radius 1 is 1.70 bits per heavy atom. The fourth-order valence-electron chi connectivity index (χ4n) is 0.299. The van der Waals surface area contributed by atoms with E-state index in [4.69, 9.17) is 10.2 Å². The predicted octanol–water partition coefficient (Wildman–Crippen LogP) is -2.14. The Bertz CT molecular complexity index is 119. The number of rotatable bonds is 3. The highest BCUT2D eigenvalue weighted by molar-refractivity contribution is 5.70. The summed E-state index contributed by atoms with van der Waals surface area (Å²) in [6.45, 7) is 0.985. The normalized spacial score (nSPS) is 11.1. The van der Waals surface area contributed by atoms with Crippen molar-refractivity contribution in [2.75, 3.05) is 6.54 Å². The summed E-state index contributed by atoms with van der Waals surface area (Å²) >= 11 is 0. The molecule has 0 heterocycles. The Kier molecular flexibility index (Phi) is 3.07. The number of hydrogen-bond acceptors (Lipinski definition) is 4. The lowest BCUT2D eigenvalue weighted by Gasteiger charge is -2.15. The van der Waals surface area contributed by atoms with Crippen molar-refractivity contribution in [3.63, 3.8) is 0 Å². The minimum Gasteiger partial charge on any atom is -0.365 e. The minimum absolute atomic E-state index is 0.185. The third kappa shape index (κ3) is 7.15. The molecule has 0 fully saturated rings. The molecule has 0 radical (unpaired) electrons. The molecule has 0 aromatic rings.